The largest absolute Gasteiger partial charge is 0.399 e. The third-order valence-corrected chi connectivity index (χ3v) is 4.09. The van der Waals surface area contributed by atoms with Gasteiger partial charge in [-0.2, -0.15) is 0 Å². The molecule has 17 heavy (non-hydrogen) atoms. The summed E-state index contributed by atoms with van der Waals surface area (Å²) in [7, 11) is 0. The molecule has 0 aromatic heterocycles. The van der Waals surface area contributed by atoms with Crippen molar-refractivity contribution in [3.63, 3.8) is 0 Å². The molecule has 0 radical (unpaired) electrons. The van der Waals surface area contributed by atoms with E-state index in [4.69, 9.17) is 10.5 Å². The summed E-state index contributed by atoms with van der Waals surface area (Å²) < 4.78 is 5.77. The third-order valence-electron chi connectivity index (χ3n) is 2.96. The van der Waals surface area contributed by atoms with Gasteiger partial charge in [-0.25, -0.2) is 0 Å². The fourth-order valence-corrected chi connectivity index (χ4v) is 2.94. The second-order valence-corrected chi connectivity index (χ2v) is 5.36. The van der Waals surface area contributed by atoms with Gasteiger partial charge in [0.2, 0.25) is 0 Å². The number of hydrogen-bond donors (Lipinski definition) is 1. The van der Waals surface area contributed by atoms with E-state index in [0.717, 1.165) is 37.7 Å². The summed E-state index contributed by atoms with van der Waals surface area (Å²) in [5.74, 6) is 1.000. The number of ether oxygens (including phenoxy) is 1. The first kappa shape index (κ1) is 12.7. The Morgan fingerprint density at radius 2 is 2.41 bits per heavy atom. The Kier molecular flexibility index (Phi) is 4.71. The average Bonchev–Trinajstić information content (AvgIpc) is 2.37. The molecule has 1 unspecified atom stereocenters. The van der Waals surface area contributed by atoms with Crippen molar-refractivity contribution in [1.82, 2.24) is 4.90 Å². The van der Waals surface area contributed by atoms with Gasteiger partial charge in [-0.3, -0.25) is 4.90 Å². The molecule has 1 heterocycles. The van der Waals surface area contributed by atoms with Gasteiger partial charge in [-0.1, -0.05) is 13.0 Å². The van der Waals surface area contributed by atoms with Gasteiger partial charge < -0.3 is 10.5 Å². The van der Waals surface area contributed by atoms with Crippen LogP contribution in [0.1, 0.15) is 6.92 Å². The second kappa shape index (κ2) is 6.28. The van der Waals surface area contributed by atoms with E-state index < -0.39 is 0 Å². The van der Waals surface area contributed by atoms with Crippen molar-refractivity contribution in [1.29, 1.82) is 0 Å². The first-order chi connectivity index (χ1) is 8.28. The molecule has 3 nitrogen and oxygen atoms in total. The van der Waals surface area contributed by atoms with Gasteiger partial charge in [-0.05, 0) is 24.7 Å². The monoisotopic (exact) mass is 252 g/mol. The quantitative estimate of drug-likeness (QED) is 0.658. The maximum atomic E-state index is 5.77. The van der Waals surface area contributed by atoms with Crippen molar-refractivity contribution in [3.8, 4) is 0 Å². The van der Waals surface area contributed by atoms with E-state index in [2.05, 4.69) is 17.9 Å². The molecule has 1 aliphatic rings. The number of nitrogens with two attached hydrogens (primary N) is 1. The van der Waals surface area contributed by atoms with Gasteiger partial charge in [0.1, 0.15) is 0 Å². The molecule has 0 bridgehead atoms. The Balaban J connectivity index is 1.81. The summed E-state index contributed by atoms with van der Waals surface area (Å²) in [6, 6.07) is 8.03. The van der Waals surface area contributed by atoms with Crippen LogP contribution in [0.15, 0.2) is 29.2 Å². The number of likely N-dealkylation sites (N-methyl/N-ethyl adjacent to an activating group) is 1. The van der Waals surface area contributed by atoms with Crippen molar-refractivity contribution < 1.29 is 4.74 Å². The molecule has 94 valence electrons. The Bertz CT molecular complexity index is 359. The number of nitrogen functional groups attached to an aromatic ring is 1. The molecule has 0 aliphatic carbocycles. The molecule has 1 atom stereocenters. The van der Waals surface area contributed by atoms with Crippen molar-refractivity contribution in [2.75, 3.05) is 37.7 Å². The van der Waals surface area contributed by atoms with Crippen molar-refractivity contribution in [2.45, 2.75) is 17.9 Å². The highest BCUT2D eigenvalue weighted by Crippen LogP contribution is 2.22. The predicted molar refractivity (Wildman–Crippen MR) is 73.4 cm³/mol. The molecule has 1 saturated heterocycles. The lowest BCUT2D eigenvalue weighted by Gasteiger charge is -2.31. The highest BCUT2D eigenvalue weighted by Gasteiger charge is 2.19. The van der Waals surface area contributed by atoms with E-state index in [1.807, 2.05) is 30.0 Å². The minimum atomic E-state index is 0.343. The zero-order chi connectivity index (χ0) is 12.1. The summed E-state index contributed by atoms with van der Waals surface area (Å²) in [6.45, 7) is 6.29. The van der Waals surface area contributed by atoms with E-state index in [1.54, 1.807) is 0 Å². The fourth-order valence-electron chi connectivity index (χ4n) is 1.96. The van der Waals surface area contributed by atoms with Crippen LogP contribution in [0.3, 0.4) is 0 Å². The van der Waals surface area contributed by atoms with Gasteiger partial charge in [0.15, 0.2) is 0 Å². The van der Waals surface area contributed by atoms with Crippen LogP contribution in [0.5, 0.6) is 0 Å². The van der Waals surface area contributed by atoms with Crippen LogP contribution in [0.25, 0.3) is 0 Å². The highest BCUT2D eigenvalue weighted by atomic mass is 32.2. The van der Waals surface area contributed by atoms with Gasteiger partial charge in [0.25, 0.3) is 0 Å². The lowest BCUT2D eigenvalue weighted by Crippen LogP contribution is -2.43. The molecule has 1 aromatic carbocycles. The van der Waals surface area contributed by atoms with Crippen LogP contribution in [-0.4, -0.2) is 43.0 Å². The highest BCUT2D eigenvalue weighted by molar-refractivity contribution is 7.99. The molecule has 4 heteroatoms. The second-order valence-electron chi connectivity index (χ2n) is 4.27. The molecular weight excluding hydrogens is 232 g/mol. The molecule has 1 aromatic rings. The summed E-state index contributed by atoms with van der Waals surface area (Å²) in [6.07, 6.45) is 0.343. The number of thioether (sulfide) groups is 1. The lowest BCUT2D eigenvalue weighted by atomic mass is 10.3. The van der Waals surface area contributed by atoms with E-state index in [1.165, 1.54) is 4.90 Å². The minimum Gasteiger partial charge on any atom is -0.399 e. The van der Waals surface area contributed by atoms with Crippen molar-refractivity contribution in [2.24, 2.45) is 0 Å². The number of nitrogens with zero attached hydrogens (tertiary/aromatic N) is 1. The standard InChI is InChI=1S/C13H20N2OS/c1-2-15-6-7-16-12(9-15)10-17-13-5-3-4-11(14)8-13/h3-5,8,12H,2,6-7,9-10,14H2,1H3. The lowest BCUT2D eigenvalue weighted by molar-refractivity contribution is -0.0137. The topological polar surface area (TPSA) is 38.5 Å². The van der Waals surface area contributed by atoms with E-state index in [-0.39, 0.29) is 0 Å². The molecular formula is C13H20N2OS. The minimum absolute atomic E-state index is 0.343. The van der Waals surface area contributed by atoms with Crippen LogP contribution in [0.4, 0.5) is 5.69 Å². The fraction of sp³-hybridized carbons (Fsp3) is 0.538. The molecule has 2 rings (SSSR count). The van der Waals surface area contributed by atoms with E-state index in [9.17, 15) is 0 Å². The molecule has 1 aliphatic heterocycles. The Labute approximate surface area is 107 Å². The Morgan fingerprint density at radius 1 is 1.53 bits per heavy atom. The number of hydrogen-bond acceptors (Lipinski definition) is 4. The zero-order valence-corrected chi connectivity index (χ0v) is 11.1. The average molecular weight is 252 g/mol. The van der Waals surface area contributed by atoms with Gasteiger partial charge in [0.05, 0.1) is 12.7 Å². The van der Waals surface area contributed by atoms with Gasteiger partial charge >= 0.3 is 0 Å². The van der Waals surface area contributed by atoms with Gasteiger partial charge in [0, 0.05) is 29.4 Å². The van der Waals surface area contributed by atoms with E-state index >= 15 is 0 Å². The van der Waals surface area contributed by atoms with Crippen molar-refractivity contribution in [3.05, 3.63) is 24.3 Å². The zero-order valence-electron chi connectivity index (χ0n) is 10.3. The number of benzene rings is 1. The summed E-state index contributed by atoms with van der Waals surface area (Å²) >= 11 is 1.82. The van der Waals surface area contributed by atoms with Gasteiger partial charge in [-0.15, -0.1) is 11.8 Å². The molecule has 0 amide bonds. The SMILES string of the molecule is CCN1CCOC(CSc2cccc(N)c2)C1. The Hall–Kier alpha value is -0.710. The normalized spacial score (nSPS) is 21.6. The van der Waals surface area contributed by atoms with Crippen LogP contribution in [0.2, 0.25) is 0 Å². The number of morpholine rings is 1. The van der Waals surface area contributed by atoms with Crippen molar-refractivity contribution >= 4 is 17.4 Å². The van der Waals surface area contributed by atoms with E-state index in [0.29, 0.717) is 6.10 Å². The maximum absolute atomic E-state index is 5.77. The molecule has 2 N–H and O–H groups in total. The first-order valence-corrected chi connectivity index (χ1v) is 7.09. The van der Waals surface area contributed by atoms with Crippen LogP contribution < -0.4 is 5.73 Å². The summed E-state index contributed by atoms with van der Waals surface area (Å²) in [5.41, 5.74) is 6.59. The van der Waals surface area contributed by atoms with Crippen LogP contribution >= 0.6 is 11.8 Å². The molecule has 0 saturated carbocycles. The summed E-state index contributed by atoms with van der Waals surface area (Å²) in [4.78, 5) is 3.66. The first-order valence-electron chi connectivity index (χ1n) is 6.10. The smallest absolute Gasteiger partial charge is 0.0796 e. The number of rotatable bonds is 4. The third kappa shape index (κ3) is 3.91. The Morgan fingerprint density at radius 3 is 3.18 bits per heavy atom. The van der Waals surface area contributed by atoms with Crippen LogP contribution in [-0.2, 0) is 4.74 Å². The van der Waals surface area contributed by atoms with Crippen LogP contribution in [0, 0.1) is 0 Å². The predicted octanol–water partition coefficient (Wildman–Crippen LogP) is 2.08. The molecule has 1 fully saturated rings. The molecule has 0 spiro atoms. The number of anilines is 1. The maximum Gasteiger partial charge on any atom is 0.0796 e. The summed E-state index contributed by atoms with van der Waals surface area (Å²) in [5, 5.41) is 0.